The third-order valence-corrected chi connectivity index (χ3v) is 2.02. The van der Waals surface area contributed by atoms with Crippen molar-refractivity contribution < 1.29 is 9.53 Å². The van der Waals surface area contributed by atoms with Gasteiger partial charge in [0.05, 0.1) is 18.8 Å². The minimum Gasteiger partial charge on any atom is -0.381 e. The fourth-order valence-corrected chi connectivity index (χ4v) is 0.783. The summed E-state index contributed by atoms with van der Waals surface area (Å²) in [6, 6.07) is 0. The van der Waals surface area contributed by atoms with E-state index in [0.29, 0.717) is 13.2 Å². The molecule has 0 bridgehead atoms. The van der Waals surface area contributed by atoms with Crippen molar-refractivity contribution in [2.75, 3.05) is 13.2 Å². The Morgan fingerprint density at radius 2 is 2.20 bits per heavy atom. The molecule has 0 saturated carbocycles. The minimum absolute atomic E-state index is 0.102. The lowest BCUT2D eigenvalue weighted by Crippen LogP contribution is -2.60. The molecule has 0 radical (unpaired) electrons. The molecule has 10 heavy (non-hydrogen) atoms. The van der Waals surface area contributed by atoms with Gasteiger partial charge in [-0.1, -0.05) is 0 Å². The highest BCUT2D eigenvalue weighted by Gasteiger charge is 2.40. The molecular formula is C6H12N2O2. The lowest BCUT2D eigenvalue weighted by molar-refractivity contribution is -0.133. The molecule has 4 heteroatoms. The van der Waals surface area contributed by atoms with Gasteiger partial charge in [-0.3, -0.25) is 4.79 Å². The number of hydrogen-bond acceptors (Lipinski definition) is 3. The molecule has 0 aromatic rings. The Morgan fingerprint density at radius 3 is 2.30 bits per heavy atom. The second-order valence-corrected chi connectivity index (χ2v) is 2.88. The van der Waals surface area contributed by atoms with E-state index in [1.54, 1.807) is 6.92 Å². The van der Waals surface area contributed by atoms with Crippen molar-refractivity contribution in [3.63, 3.8) is 0 Å². The second-order valence-electron chi connectivity index (χ2n) is 2.88. The van der Waals surface area contributed by atoms with Crippen LogP contribution in [0.25, 0.3) is 0 Å². The molecule has 4 nitrogen and oxygen atoms in total. The SMILES string of the molecule is CC(N)(C(N)=O)C1COC1. The molecule has 0 spiro atoms. The highest BCUT2D eigenvalue weighted by atomic mass is 16.5. The van der Waals surface area contributed by atoms with Gasteiger partial charge in [-0.25, -0.2) is 0 Å². The summed E-state index contributed by atoms with van der Waals surface area (Å²) in [5.74, 6) is -0.356. The van der Waals surface area contributed by atoms with Crippen LogP contribution in [0.4, 0.5) is 0 Å². The van der Waals surface area contributed by atoms with Gasteiger partial charge in [0.25, 0.3) is 0 Å². The zero-order valence-corrected chi connectivity index (χ0v) is 5.96. The van der Waals surface area contributed by atoms with Crippen LogP contribution in [0.5, 0.6) is 0 Å². The Morgan fingerprint density at radius 1 is 1.70 bits per heavy atom. The monoisotopic (exact) mass is 144 g/mol. The average Bonchev–Trinajstić information content (AvgIpc) is 1.57. The van der Waals surface area contributed by atoms with Gasteiger partial charge >= 0.3 is 0 Å². The van der Waals surface area contributed by atoms with Crippen LogP contribution >= 0.6 is 0 Å². The van der Waals surface area contributed by atoms with E-state index >= 15 is 0 Å². The third-order valence-electron chi connectivity index (χ3n) is 2.02. The van der Waals surface area contributed by atoms with Crippen molar-refractivity contribution in [2.24, 2.45) is 17.4 Å². The largest absolute Gasteiger partial charge is 0.381 e. The number of nitrogens with two attached hydrogens (primary N) is 2. The lowest BCUT2D eigenvalue weighted by atomic mass is 9.84. The number of primary amides is 1. The highest BCUT2D eigenvalue weighted by Crippen LogP contribution is 2.21. The van der Waals surface area contributed by atoms with Crippen LogP contribution in [0.1, 0.15) is 6.92 Å². The molecular weight excluding hydrogens is 132 g/mol. The highest BCUT2D eigenvalue weighted by molar-refractivity contribution is 5.84. The quantitative estimate of drug-likeness (QED) is 0.513. The third kappa shape index (κ3) is 0.998. The molecule has 1 unspecified atom stereocenters. The number of amides is 1. The van der Waals surface area contributed by atoms with E-state index in [1.165, 1.54) is 0 Å². The first-order chi connectivity index (χ1) is 4.55. The van der Waals surface area contributed by atoms with Gasteiger partial charge in [0.2, 0.25) is 5.91 Å². The first-order valence-corrected chi connectivity index (χ1v) is 3.21. The number of carbonyl (C=O) groups excluding carboxylic acids is 1. The van der Waals surface area contributed by atoms with Crippen molar-refractivity contribution in [1.29, 1.82) is 0 Å². The predicted molar refractivity (Wildman–Crippen MR) is 36.1 cm³/mol. The molecule has 0 aromatic heterocycles. The van der Waals surface area contributed by atoms with Gasteiger partial charge < -0.3 is 16.2 Å². The molecule has 1 saturated heterocycles. The van der Waals surface area contributed by atoms with Gasteiger partial charge in [0.1, 0.15) is 0 Å². The molecule has 4 N–H and O–H groups in total. The zero-order chi connectivity index (χ0) is 7.78. The van der Waals surface area contributed by atoms with Gasteiger partial charge in [-0.05, 0) is 6.92 Å². The smallest absolute Gasteiger partial charge is 0.237 e. The Kier molecular flexibility index (Phi) is 1.66. The van der Waals surface area contributed by atoms with Crippen LogP contribution in [-0.4, -0.2) is 24.7 Å². The molecule has 1 heterocycles. The number of rotatable bonds is 2. The van der Waals surface area contributed by atoms with Crippen molar-refractivity contribution in [1.82, 2.24) is 0 Å². The lowest BCUT2D eigenvalue weighted by Gasteiger charge is -2.37. The second kappa shape index (κ2) is 2.21. The van der Waals surface area contributed by atoms with Gasteiger partial charge in [-0.2, -0.15) is 0 Å². The normalized spacial score (nSPS) is 25.0. The summed E-state index contributed by atoms with van der Waals surface area (Å²) in [6.07, 6.45) is 0. The molecule has 1 fully saturated rings. The number of ether oxygens (including phenoxy) is 1. The van der Waals surface area contributed by atoms with E-state index < -0.39 is 11.4 Å². The first kappa shape index (κ1) is 7.50. The van der Waals surface area contributed by atoms with Crippen LogP contribution in [0.15, 0.2) is 0 Å². The summed E-state index contributed by atoms with van der Waals surface area (Å²) in [5, 5.41) is 0. The van der Waals surface area contributed by atoms with E-state index in [9.17, 15) is 4.79 Å². The van der Waals surface area contributed by atoms with E-state index in [-0.39, 0.29) is 5.92 Å². The van der Waals surface area contributed by atoms with Gasteiger partial charge in [0, 0.05) is 5.92 Å². The number of carbonyl (C=O) groups is 1. The summed E-state index contributed by atoms with van der Waals surface area (Å²) in [5.41, 5.74) is 9.78. The van der Waals surface area contributed by atoms with E-state index in [0.717, 1.165) is 0 Å². The van der Waals surface area contributed by atoms with Crippen molar-refractivity contribution in [3.05, 3.63) is 0 Å². The maximum absolute atomic E-state index is 10.7. The summed E-state index contributed by atoms with van der Waals surface area (Å²) < 4.78 is 4.88. The molecule has 1 aliphatic heterocycles. The van der Waals surface area contributed by atoms with Crippen LogP contribution in [0.2, 0.25) is 0 Å². The summed E-state index contributed by atoms with van der Waals surface area (Å²) >= 11 is 0. The van der Waals surface area contributed by atoms with Crippen molar-refractivity contribution in [2.45, 2.75) is 12.5 Å². The Bertz CT molecular complexity index is 152. The fraction of sp³-hybridized carbons (Fsp3) is 0.833. The van der Waals surface area contributed by atoms with E-state index in [1.807, 2.05) is 0 Å². The van der Waals surface area contributed by atoms with Crippen LogP contribution in [-0.2, 0) is 9.53 Å². The standard InChI is InChI=1S/C6H12N2O2/c1-6(8,5(7)9)4-2-10-3-4/h4H,2-3,8H2,1H3,(H2,7,9). The fourth-order valence-electron chi connectivity index (χ4n) is 0.783. The summed E-state index contributed by atoms with van der Waals surface area (Å²) in [6.45, 7) is 2.74. The maximum Gasteiger partial charge on any atom is 0.237 e. The molecule has 58 valence electrons. The minimum atomic E-state index is -0.891. The Balaban J connectivity index is 2.57. The van der Waals surface area contributed by atoms with Gasteiger partial charge in [-0.15, -0.1) is 0 Å². The topological polar surface area (TPSA) is 78.3 Å². The maximum atomic E-state index is 10.7. The molecule has 1 atom stereocenters. The summed E-state index contributed by atoms with van der Waals surface area (Å²) in [7, 11) is 0. The molecule has 1 rings (SSSR count). The molecule has 0 aromatic carbocycles. The first-order valence-electron chi connectivity index (χ1n) is 3.21. The number of hydrogen-bond donors (Lipinski definition) is 2. The zero-order valence-electron chi connectivity index (χ0n) is 5.96. The Labute approximate surface area is 59.5 Å². The van der Waals surface area contributed by atoms with Crippen LogP contribution < -0.4 is 11.5 Å². The van der Waals surface area contributed by atoms with Crippen LogP contribution in [0.3, 0.4) is 0 Å². The predicted octanol–water partition coefficient (Wildman–Crippen LogP) is -1.16. The summed E-state index contributed by atoms with van der Waals surface area (Å²) in [4.78, 5) is 10.7. The van der Waals surface area contributed by atoms with Gasteiger partial charge in [0.15, 0.2) is 0 Å². The molecule has 1 amide bonds. The Hall–Kier alpha value is -0.610. The van der Waals surface area contributed by atoms with Crippen LogP contribution in [0, 0.1) is 5.92 Å². The molecule has 0 aliphatic carbocycles. The van der Waals surface area contributed by atoms with Crippen molar-refractivity contribution >= 4 is 5.91 Å². The average molecular weight is 144 g/mol. The van der Waals surface area contributed by atoms with E-state index in [4.69, 9.17) is 16.2 Å². The van der Waals surface area contributed by atoms with Crippen molar-refractivity contribution in [3.8, 4) is 0 Å². The van der Waals surface area contributed by atoms with E-state index in [2.05, 4.69) is 0 Å². The molecule has 1 aliphatic rings.